The van der Waals surface area contributed by atoms with E-state index in [4.69, 9.17) is 28.2 Å². The number of benzene rings is 2. The van der Waals surface area contributed by atoms with E-state index in [-0.39, 0.29) is 5.82 Å². The molecule has 0 aliphatic rings. The van der Waals surface area contributed by atoms with Gasteiger partial charge in [-0.2, -0.15) is 0 Å². The van der Waals surface area contributed by atoms with Gasteiger partial charge in [-0.25, -0.2) is 9.37 Å². The summed E-state index contributed by atoms with van der Waals surface area (Å²) in [4.78, 5) is 8.94. The van der Waals surface area contributed by atoms with Crippen molar-refractivity contribution in [3.05, 3.63) is 82.4 Å². The fraction of sp³-hybridized carbons (Fsp3) is 0.0476. The minimum Gasteiger partial charge on any atom is -0.345 e. The summed E-state index contributed by atoms with van der Waals surface area (Å²) >= 11 is 13.7. The molecule has 0 aliphatic carbocycles. The van der Waals surface area contributed by atoms with Crippen molar-refractivity contribution in [2.45, 2.75) is 6.92 Å². The number of nitrogens with zero attached hydrogens (tertiary/aromatic N) is 2. The number of rotatable bonds is 4. The molecule has 4 rings (SSSR count). The van der Waals surface area contributed by atoms with Crippen molar-refractivity contribution in [3.63, 3.8) is 0 Å². The highest BCUT2D eigenvalue weighted by atomic mass is 35.5. The Kier molecular flexibility index (Phi) is 5.31. The average molecular weight is 430 g/mol. The smallest absolute Gasteiger partial charge is 0.128 e. The minimum absolute atomic E-state index is 0.266. The van der Waals surface area contributed by atoms with E-state index in [0.717, 1.165) is 21.1 Å². The van der Waals surface area contributed by atoms with Gasteiger partial charge in [0, 0.05) is 29.2 Å². The molecule has 28 heavy (non-hydrogen) atoms. The van der Waals surface area contributed by atoms with Crippen molar-refractivity contribution in [2.75, 3.05) is 5.32 Å². The molecule has 0 spiro atoms. The van der Waals surface area contributed by atoms with Gasteiger partial charge in [0.15, 0.2) is 0 Å². The molecule has 0 saturated heterocycles. The minimum atomic E-state index is -0.266. The number of hydrogen-bond acceptors (Lipinski definition) is 4. The van der Waals surface area contributed by atoms with Crippen LogP contribution in [-0.4, -0.2) is 9.97 Å². The predicted octanol–water partition coefficient (Wildman–Crippen LogP) is 7.37. The van der Waals surface area contributed by atoms with Gasteiger partial charge in [0.2, 0.25) is 0 Å². The number of nitrogens with one attached hydrogen (secondary N) is 1. The van der Waals surface area contributed by atoms with Gasteiger partial charge in [0.05, 0.1) is 10.0 Å². The zero-order chi connectivity index (χ0) is 19.7. The molecule has 2 aromatic carbocycles. The molecule has 7 heteroatoms. The molecule has 1 N–H and O–H groups in total. The van der Waals surface area contributed by atoms with Crippen LogP contribution >= 0.6 is 34.5 Å². The molecule has 0 fully saturated rings. The largest absolute Gasteiger partial charge is 0.345 e. The Hall–Kier alpha value is -2.47. The molecule has 2 heterocycles. The van der Waals surface area contributed by atoms with Crippen molar-refractivity contribution in [2.24, 2.45) is 0 Å². The zero-order valence-corrected chi connectivity index (χ0v) is 17.0. The van der Waals surface area contributed by atoms with Gasteiger partial charge < -0.3 is 5.32 Å². The van der Waals surface area contributed by atoms with Crippen LogP contribution < -0.4 is 5.32 Å². The highest BCUT2D eigenvalue weighted by molar-refractivity contribution is 7.19. The van der Waals surface area contributed by atoms with Crippen LogP contribution in [0.25, 0.3) is 21.8 Å². The van der Waals surface area contributed by atoms with Gasteiger partial charge in [-0.3, -0.25) is 4.98 Å². The number of anilines is 2. The van der Waals surface area contributed by atoms with Crippen LogP contribution in [0.1, 0.15) is 5.56 Å². The fourth-order valence-electron chi connectivity index (χ4n) is 2.66. The van der Waals surface area contributed by atoms with Gasteiger partial charge in [-0.05, 0) is 48.9 Å². The standard InChI is InChI=1S/C21H14Cl2FN3S/c1-12-4-6-15(10-18(12)24)26-21-19(13-5-7-16(22)17(23)9-13)27-20(28-21)14-3-2-8-25-11-14/h2-11,26H,1H3. The third kappa shape index (κ3) is 3.87. The lowest BCUT2D eigenvalue weighted by molar-refractivity contribution is 0.619. The molecule has 4 aromatic rings. The van der Waals surface area contributed by atoms with Gasteiger partial charge in [0.1, 0.15) is 21.5 Å². The molecular weight excluding hydrogens is 416 g/mol. The lowest BCUT2D eigenvalue weighted by Gasteiger charge is -2.08. The summed E-state index contributed by atoms with van der Waals surface area (Å²) in [6.45, 7) is 1.73. The summed E-state index contributed by atoms with van der Waals surface area (Å²) in [6, 6.07) is 14.2. The topological polar surface area (TPSA) is 37.8 Å². The molecule has 0 saturated carbocycles. The van der Waals surface area contributed by atoms with Crippen LogP contribution in [-0.2, 0) is 0 Å². The molecule has 140 valence electrons. The first-order valence-electron chi connectivity index (χ1n) is 8.41. The van der Waals surface area contributed by atoms with Gasteiger partial charge in [-0.1, -0.05) is 46.7 Å². The number of aryl methyl sites for hydroxylation is 1. The fourth-order valence-corrected chi connectivity index (χ4v) is 3.95. The van der Waals surface area contributed by atoms with E-state index >= 15 is 0 Å². The second kappa shape index (κ2) is 7.87. The maximum atomic E-state index is 14.0. The molecule has 0 radical (unpaired) electrons. The number of thiazole rings is 1. The number of hydrogen-bond donors (Lipinski definition) is 1. The molecule has 2 aromatic heterocycles. The zero-order valence-electron chi connectivity index (χ0n) is 14.7. The van der Waals surface area contributed by atoms with Crippen molar-refractivity contribution in [1.29, 1.82) is 0 Å². The Morgan fingerprint density at radius 1 is 1.00 bits per heavy atom. The van der Waals surface area contributed by atoms with Crippen LogP contribution in [0.4, 0.5) is 15.1 Å². The molecular formula is C21H14Cl2FN3S. The molecule has 0 atom stereocenters. The summed E-state index contributed by atoms with van der Waals surface area (Å²) in [6.07, 6.45) is 3.47. The van der Waals surface area contributed by atoms with Gasteiger partial charge in [-0.15, -0.1) is 0 Å². The maximum Gasteiger partial charge on any atom is 0.128 e. The van der Waals surface area contributed by atoms with Crippen molar-refractivity contribution >= 4 is 45.2 Å². The normalized spacial score (nSPS) is 10.9. The van der Waals surface area contributed by atoms with Gasteiger partial charge >= 0.3 is 0 Å². The Balaban J connectivity index is 1.81. The van der Waals surface area contributed by atoms with Crippen LogP contribution in [0.2, 0.25) is 10.0 Å². The number of halogens is 3. The van der Waals surface area contributed by atoms with E-state index < -0.39 is 0 Å². The second-order valence-corrected chi connectivity index (χ2v) is 7.97. The maximum absolute atomic E-state index is 14.0. The number of pyridine rings is 1. The Labute approximate surface area is 175 Å². The first-order valence-corrected chi connectivity index (χ1v) is 9.98. The van der Waals surface area contributed by atoms with Crippen molar-refractivity contribution in [1.82, 2.24) is 9.97 Å². The lowest BCUT2D eigenvalue weighted by atomic mass is 10.1. The average Bonchev–Trinajstić information content (AvgIpc) is 3.11. The van der Waals surface area contributed by atoms with E-state index in [1.165, 1.54) is 17.4 Å². The van der Waals surface area contributed by atoms with Crippen LogP contribution in [0, 0.1) is 12.7 Å². The van der Waals surface area contributed by atoms with E-state index in [9.17, 15) is 4.39 Å². The monoisotopic (exact) mass is 429 g/mol. The van der Waals surface area contributed by atoms with Gasteiger partial charge in [0.25, 0.3) is 0 Å². The molecule has 0 bridgehead atoms. The van der Waals surface area contributed by atoms with Crippen LogP contribution in [0.3, 0.4) is 0 Å². The summed E-state index contributed by atoms with van der Waals surface area (Å²) in [5, 5.41) is 5.78. The third-order valence-electron chi connectivity index (χ3n) is 4.16. The van der Waals surface area contributed by atoms with Crippen molar-refractivity contribution < 1.29 is 4.39 Å². The second-order valence-electron chi connectivity index (χ2n) is 6.16. The van der Waals surface area contributed by atoms with E-state index in [1.54, 1.807) is 37.5 Å². The molecule has 0 aliphatic heterocycles. The Morgan fingerprint density at radius 3 is 2.57 bits per heavy atom. The van der Waals surface area contributed by atoms with Crippen LogP contribution in [0.15, 0.2) is 60.9 Å². The first-order chi connectivity index (χ1) is 13.5. The summed E-state index contributed by atoms with van der Waals surface area (Å²) < 4.78 is 14.0. The quantitative estimate of drug-likeness (QED) is 0.367. The Bertz CT molecular complexity index is 1150. The highest BCUT2D eigenvalue weighted by Gasteiger charge is 2.16. The third-order valence-corrected chi connectivity index (χ3v) is 5.92. The summed E-state index contributed by atoms with van der Waals surface area (Å²) in [7, 11) is 0. The molecule has 3 nitrogen and oxygen atoms in total. The predicted molar refractivity (Wildman–Crippen MR) is 115 cm³/mol. The number of aromatic nitrogens is 2. The van der Waals surface area contributed by atoms with Crippen LogP contribution in [0.5, 0.6) is 0 Å². The van der Waals surface area contributed by atoms with E-state index in [0.29, 0.717) is 27.0 Å². The van der Waals surface area contributed by atoms with Crippen molar-refractivity contribution in [3.8, 4) is 21.8 Å². The molecule has 0 amide bonds. The Morgan fingerprint density at radius 2 is 1.86 bits per heavy atom. The SMILES string of the molecule is Cc1ccc(Nc2sc(-c3cccnc3)nc2-c2ccc(Cl)c(Cl)c2)cc1F. The lowest BCUT2D eigenvalue weighted by Crippen LogP contribution is -1.92. The first kappa shape index (κ1) is 18.9. The summed E-state index contributed by atoms with van der Waals surface area (Å²) in [5.41, 5.74) is 3.66. The summed E-state index contributed by atoms with van der Waals surface area (Å²) in [5.74, 6) is -0.266. The van der Waals surface area contributed by atoms with E-state index in [1.807, 2.05) is 24.3 Å². The molecule has 0 unspecified atom stereocenters. The highest BCUT2D eigenvalue weighted by Crippen LogP contribution is 2.40. The van der Waals surface area contributed by atoms with E-state index in [2.05, 4.69) is 10.3 Å².